The van der Waals surface area contributed by atoms with Gasteiger partial charge in [-0.15, -0.1) is 0 Å². The molecule has 10 heteroatoms. The summed E-state index contributed by atoms with van der Waals surface area (Å²) in [7, 11) is 0. The number of hydrogen-bond donors (Lipinski definition) is 3. The lowest BCUT2D eigenvalue weighted by Gasteiger charge is -2.28. The molecule has 1 saturated heterocycles. The Balaban J connectivity index is 0.000000197. The van der Waals surface area contributed by atoms with E-state index in [4.69, 9.17) is 15.2 Å². The van der Waals surface area contributed by atoms with E-state index in [1.165, 1.54) is 11.2 Å². The van der Waals surface area contributed by atoms with Gasteiger partial charge in [0, 0.05) is 5.56 Å². The third-order valence-corrected chi connectivity index (χ3v) is 5.40. The number of anilines is 1. The Morgan fingerprint density at radius 2 is 1.81 bits per heavy atom. The van der Waals surface area contributed by atoms with Crippen molar-refractivity contribution in [1.29, 1.82) is 0 Å². The molecule has 1 aliphatic heterocycles. The molecule has 192 valence electrons. The molecular weight excluding hydrogens is 472 g/mol. The van der Waals surface area contributed by atoms with E-state index < -0.39 is 11.7 Å². The van der Waals surface area contributed by atoms with Crippen molar-refractivity contribution in [3.63, 3.8) is 0 Å². The molecule has 0 saturated carbocycles. The SMILES string of the molecule is CC(C)(C)OC(=O)N1CC[CH+][C@@H](O)C1.Nc1ncnc2n[nH]c(-c3ccc(Oc4ccccc4)cc3)c12. The van der Waals surface area contributed by atoms with Crippen molar-refractivity contribution in [3.05, 3.63) is 67.3 Å². The number of fused-ring (bicyclic) bond motifs is 1. The number of rotatable bonds is 3. The number of hydrogen-bond acceptors (Lipinski definition) is 8. The number of benzene rings is 2. The second kappa shape index (κ2) is 11.2. The number of aliphatic hydroxyl groups is 1. The molecule has 3 heterocycles. The normalized spacial score (nSPS) is 15.4. The molecule has 0 spiro atoms. The third kappa shape index (κ3) is 6.89. The number of para-hydroxylation sites is 1. The number of β-amino-alcohol motifs (C(OH)–C–C–N with tert-alkyl or cyclic N) is 1. The number of nitrogen functional groups attached to an aromatic ring is 1. The first-order valence-corrected chi connectivity index (χ1v) is 12.0. The van der Waals surface area contributed by atoms with Gasteiger partial charge in [0.05, 0.1) is 24.2 Å². The highest BCUT2D eigenvalue weighted by atomic mass is 16.6. The summed E-state index contributed by atoms with van der Waals surface area (Å²) in [5.74, 6) is 1.96. The number of amides is 1. The number of carbonyl (C=O) groups is 1. The van der Waals surface area contributed by atoms with Gasteiger partial charge in [-0.05, 0) is 57.2 Å². The first-order chi connectivity index (χ1) is 17.7. The summed E-state index contributed by atoms with van der Waals surface area (Å²) in [5.41, 5.74) is 7.75. The number of aromatic amines is 1. The Morgan fingerprint density at radius 1 is 1.11 bits per heavy atom. The van der Waals surface area contributed by atoms with Gasteiger partial charge in [0.15, 0.2) is 5.65 Å². The quantitative estimate of drug-likeness (QED) is 0.345. The minimum absolute atomic E-state index is 0.342. The fourth-order valence-electron chi connectivity index (χ4n) is 3.71. The van der Waals surface area contributed by atoms with Gasteiger partial charge in [0.2, 0.25) is 6.10 Å². The maximum absolute atomic E-state index is 11.5. The summed E-state index contributed by atoms with van der Waals surface area (Å²) in [5, 5.41) is 17.2. The van der Waals surface area contributed by atoms with Gasteiger partial charge in [0.1, 0.15) is 42.1 Å². The van der Waals surface area contributed by atoms with Crippen molar-refractivity contribution in [2.24, 2.45) is 0 Å². The van der Waals surface area contributed by atoms with Crippen LogP contribution in [0.25, 0.3) is 22.3 Å². The molecule has 1 fully saturated rings. The van der Waals surface area contributed by atoms with Gasteiger partial charge in [-0.3, -0.25) is 10.00 Å². The number of aromatic nitrogens is 4. The van der Waals surface area contributed by atoms with Crippen LogP contribution in [-0.4, -0.2) is 61.1 Å². The van der Waals surface area contributed by atoms with Crippen LogP contribution in [0.2, 0.25) is 0 Å². The van der Waals surface area contributed by atoms with Crippen LogP contribution in [0.5, 0.6) is 11.5 Å². The lowest BCUT2D eigenvalue weighted by atomic mass is 10.1. The highest BCUT2D eigenvalue weighted by molar-refractivity contribution is 5.97. The number of aliphatic hydroxyl groups excluding tert-OH is 1. The summed E-state index contributed by atoms with van der Waals surface area (Å²) >= 11 is 0. The minimum Gasteiger partial charge on any atom is -0.457 e. The monoisotopic (exact) mass is 503 g/mol. The van der Waals surface area contributed by atoms with E-state index in [-0.39, 0.29) is 6.09 Å². The second-order valence-corrected chi connectivity index (χ2v) is 9.51. The second-order valence-electron chi connectivity index (χ2n) is 9.51. The molecule has 0 unspecified atom stereocenters. The lowest BCUT2D eigenvalue weighted by Crippen LogP contribution is -2.44. The van der Waals surface area contributed by atoms with E-state index in [1.807, 2.05) is 75.4 Å². The zero-order valence-electron chi connectivity index (χ0n) is 21.1. The fourth-order valence-corrected chi connectivity index (χ4v) is 3.71. The summed E-state index contributed by atoms with van der Waals surface area (Å²) in [6.45, 7) is 6.47. The largest absolute Gasteiger partial charge is 0.457 e. The van der Waals surface area contributed by atoms with Crippen molar-refractivity contribution in [2.45, 2.75) is 38.9 Å². The zero-order valence-corrected chi connectivity index (χ0v) is 21.1. The van der Waals surface area contributed by atoms with Crippen molar-refractivity contribution in [3.8, 4) is 22.8 Å². The van der Waals surface area contributed by atoms with Crippen LogP contribution in [0, 0.1) is 6.42 Å². The van der Waals surface area contributed by atoms with Crippen molar-refractivity contribution >= 4 is 22.9 Å². The number of likely N-dealkylation sites (tertiary alicyclic amines) is 1. The van der Waals surface area contributed by atoms with Gasteiger partial charge in [-0.1, -0.05) is 18.2 Å². The van der Waals surface area contributed by atoms with E-state index in [1.54, 1.807) is 6.42 Å². The number of ether oxygens (including phenoxy) is 2. The van der Waals surface area contributed by atoms with E-state index in [0.717, 1.165) is 34.6 Å². The van der Waals surface area contributed by atoms with E-state index in [2.05, 4.69) is 20.2 Å². The lowest BCUT2D eigenvalue weighted by molar-refractivity contribution is 0.0118. The maximum atomic E-state index is 11.5. The van der Waals surface area contributed by atoms with Crippen LogP contribution < -0.4 is 10.5 Å². The summed E-state index contributed by atoms with van der Waals surface area (Å²) < 4.78 is 11.0. The van der Waals surface area contributed by atoms with Gasteiger partial charge in [0.25, 0.3) is 0 Å². The molecule has 5 rings (SSSR count). The van der Waals surface area contributed by atoms with Gasteiger partial charge >= 0.3 is 6.09 Å². The van der Waals surface area contributed by atoms with E-state index in [9.17, 15) is 9.90 Å². The number of H-pyrrole nitrogens is 1. The van der Waals surface area contributed by atoms with Crippen molar-refractivity contribution < 1.29 is 19.4 Å². The van der Waals surface area contributed by atoms with Crippen LogP contribution in [0.3, 0.4) is 0 Å². The molecule has 4 N–H and O–H groups in total. The van der Waals surface area contributed by atoms with Crippen LogP contribution in [0.4, 0.5) is 10.6 Å². The average molecular weight is 504 g/mol. The predicted octanol–water partition coefficient (Wildman–Crippen LogP) is 4.59. The standard InChI is InChI=1S/C17H13N5O.C10H18NO3/c18-16-14-15(21-22-17(14)20-10-19-16)11-6-8-13(9-7-11)23-12-4-2-1-3-5-12;1-10(2,3)14-9(13)11-6-4-5-8(12)7-11/h1-10H,(H3,18,19,20,21,22);5,8,12H,4,6-7H2,1-3H3/q;+1/t;8-/m.1/s1. The maximum Gasteiger partial charge on any atom is 0.410 e. The summed E-state index contributed by atoms with van der Waals surface area (Å²) in [4.78, 5) is 21.2. The molecule has 0 radical (unpaired) electrons. The molecule has 4 aromatic rings. The van der Waals surface area contributed by atoms with Gasteiger partial charge in [-0.25, -0.2) is 14.8 Å². The van der Waals surface area contributed by atoms with Crippen molar-refractivity contribution in [2.75, 3.05) is 18.8 Å². The number of nitrogens with zero attached hydrogens (tertiary/aromatic N) is 4. The van der Waals surface area contributed by atoms with E-state index in [0.29, 0.717) is 24.6 Å². The number of nitrogens with two attached hydrogens (primary N) is 1. The highest BCUT2D eigenvalue weighted by Gasteiger charge is 2.30. The molecular formula is C27H31N6O4+. The predicted molar refractivity (Wildman–Crippen MR) is 141 cm³/mol. The molecule has 0 aliphatic carbocycles. The first-order valence-electron chi connectivity index (χ1n) is 12.0. The Hall–Kier alpha value is -4.31. The summed E-state index contributed by atoms with van der Waals surface area (Å²) in [6, 6.07) is 17.3. The fraction of sp³-hybridized carbons (Fsp3) is 0.296. The molecule has 1 amide bonds. The van der Waals surface area contributed by atoms with Crippen LogP contribution >= 0.6 is 0 Å². The molecule has 0 bridgehead atoms. The average Bonchev–Trinajstić information content (AvgIpc) is 3.30. The number of piperidine rings is 1. The Morgan fingerprint density at radius 3 is 2.49 bits per heavy atom. The molecule has 37 heavy (non-hydrogen) atoms. The Bertz CT molecular complexity index is 1320. The van der Waals surface area contributed by atoms with Crippen LogP contribution in [-0.2, 0) is 4.74 Å². The van der Waals surface area contributed by atoms with E-state index >= 15 is 0 Å². The highest BCUT2D eigenvalue weighted by Crippen LogP contribution is 2.30. The topological polar surface area (TPSA) is 139 Å². The number of carbonyl (C=O) groups excluding carboxylic acids is 1. The van der Waals surface area contributed by atoms with Gasteiger partial charge in [-0.2, -0.15) is 5.10 Å². The zero-order chi connectivity index (χ0) is 26.4. The van der Waals surface area contributed by atoms with Crippen LogP contribution in [0.1, 0.15) is 27.2 Å². The Labute approximate surface area is 215 Å². The molecule has 2 aromatic heterocycles. The van der Waals surface area contributed by atoms with Crippen molar-refractivity contribution in [1.82, 2.24) is 25.1 Å². The number of nitrogens with one attached hydrogen (secondary N) is 1. The Kier molecular flexibility index (Phi) is 7.78. The minimum atomic E-state index is -0.517. The van der Waals surface area contributed by atoms with Gasteiger partial charge < -0.3 is 20.3 Å². The molecule has 10 nitrogen and oxygen atoms in total. The summed E-state index contributed by atoms with van der Waals surface area (Å²) in [6.07, 6.45) is 3.07. The smallest absolute Gasteiger partial charge is 0.410 e. The first kappa shape index (κ1) is 25.8. The molecule has 1 atom stereocenters. The molecule has 2 aromatic carbocycles. The molecule has 1 aliphatic rings. The third-order valence-electron chi connectivity index (χ3n) is 5.40. The van der Waals surface area contributed by atoms with Crippen LogP contribution in [0.15, 0.2) is 60.9 Å².